The van der Waals surface area contributed by atoms with Crippen molar-refractivity contribution in [2.45, 2.75) is 57.9 Å². The average Bonchev–Trinajstić information content (AvgIpc) is 2.97. The van der Waals surface area contributed by atoms with Crippen LogP contribution < -0.4 is 10.6 Å². The summed E-state index contributed by atoms with van der Waals surface area (Å²) in [4.78, 5) is 29.1. The maximum absolute atomic E-state index is 12.5. The SMILES string of the molecule is CCc1ccc(NC(=O)c2cncc(C(=O)NC3CCCCCC3)c2)cc1. The van der Waals surface area contributed by atoms with Crippen LogP contribution in [0.4, 0.5) is 5.69 Å². The summed E-state index contributed by atoms with van der Waals surface area (Å²) < 4.78 is 0. The molecule has 1 fully saturated rings. The number of benzene rings is 1. The number of nitrogens with one attached hydrogen (secondary N) is 2. The number of pyridine rings is 1. The first-order chi connectivity index (χ1) is 13.2. The topological polar surface area (TPSA) is 71.1 Å². The van der Waals surface area contributed by atoms with E-state index in [0.717, 1.165) is 37.8 Å². The van der Waals surface area contributed by atoms with Crippen molar-refractivity contribution in [1.29, 1.82) is 0 Å². The lowest BCUT2D eigenvalue weighted by Gasteiger charge is -2.16. The third-order valence-corrected chi connectivity index (χ3v) is 5.07. The van der Waals surface area contributed by atoms with Gasteiger partial charge in [-0.2, -0.15) is 0 Å². The number of amides is 2. The summed E-state index contributed by atoms with van der Waals surface area (Å²) in [5.41, 5.74) is 2.74. The lowest BCUT2D eigenvalue weighted by Crippen LogP contribution is -2.34. The smallest absolute Gasteiger partial charge is 0.257 e. The zero-order chi connectivity index (χ0) is 19.1. The number of carbonyl (C=O) groups excluding carboxylic acids is 2. The van der Waals surface area contributed by atoms with E-state index in [-0.39, 0.29) is 17.9 Å². The fourth-order valence-electron chi connectivity index (χ4n) is 3.41. The molecule has 0 radical (unpaired) electrons. The van der Waals surface area contributed by atoms with Gasteiger partial charge in [0.05, 0.1) is 11.1 Å². The van der Waals surface area contributed by atoms with Crippen LogP contribution in [0.2, 0.25) is 0 Å². The van der Waals surface area contributed by atoms with Crippen molar-refractivity contribution in [3.8, 4) is 0 Å². The maximum Gasteiger partial charge on any atom is 0.257 e. The molecule has 1 saturated carbocycles. The predicted molar refractivity (Wildman–Crippen MR) is 107 cm³/mol. The zero-order valence-electron chi connectivity index (χ0n) is 15.8. The van der Waals surface area contributed by atoms with Crippen LogP contribution in [-0.2, 0) is 6.42 Å². The molecule has 3 rings (SSSR count). The Balaban J connectivity index is 1.64. The fourth-order valence-corrected chi connectivity index (χ4v) is 3.41. The average molecular weight is 365 g/mol. The van der Waals surface area contributed by atoms with Gasteiger partial charge in [-0.1, -0.05) is 44.7 Å². The molecule has 0 spiro atoms. The Morgan fingerprint density at radius 1 is 0.963 bits per heavy atom. The summed E-state index contributed by atoms with van der Waals surface area (Å²) in [6.07, 6.45) is 10.8. The predicted octanol–water partition coefficient (Wildman–Crippen LogP) is 4.35. The third kappa shape index (κ3) is 5.39. The van der Waals surface area contributed by atoms with Crippen LogP contribution in [-0.4, -0.2) is 22.8 Å². The minimum Gasteiger partial charge on any atom is -0.349 e. The molecule has 0 saturated heterocycles. The summed E-state index contributed by atoms with van der Waals surface area (Å²) in [5, 5.41) is 5.95. The van der Waals surface area contributed by atoms with Gasteiger partial charge in [0.2, 0.25) is 0 Å². The van der Waals surface area contributed by atoms with Gasteiger partial charge < -0.3 is 10.6 Å². The largest absolute Gasteiger partial charge is 0.349 e. The molecule has 2 aromatic rings. The van der Waals surface area contributed by atoms with Gasteiger partial charge in [-0.25, -0.2) is 0 Å². The van der Waals surface area contributed by atoms with Crippen molar-refractivity contribution in [2.24, 2.45) is 0 Å². The summed E-state index contributed by atoms with van der Waals surface area (Å²) >= 11 is 0. The summed E-state index contributed by atoms with van der Waals surface area (Å²) in [6.45, 7) is 2.09. The van der Waals surface area contributed by atoms with Crippen LogP contribution in [0.25, 0.3) is 0 Å². The summed E-state index contributed by atoms with van der Waals surface area (Å²) in [6, 6.07) is 9.57. The van der Waals surface area contributed by atoms with E-state index in [2.05, 4.69) is 22.5 Å². The number of anilines is 1. The Morgan fingerprint density at radius 3 is 2.22 bits per heavy atom. The molecule has 5 heteroatoms. The van der Waals surface area contributed by atoms with E-state index >= 15 is 0 Å². The normalized spacial score (nSPS) is 15.0. The van der Waals surface area contributed by atoms with Crippen LogP contribution in [0.1, 0.15) is 71.7 Å². The van der Waals surface area contributed by atoms with Gasteiger partial charge in [0.15, 0.2) is 0 Å². The molecule has 1 aromatic heterocycles. The molecule has 27 heavy (non-hydrogen) atoms. The first-order valence-electron chi connectivity index (χ1n) is 9.82. The standard InChI is InChI=1S/C22H27N3O2/c1-2-16-9-11-20(12-10-16)25-22(27)18-13-17(14-23-15-18)21(26)24-19-7-5-3-4-6-8-19/h9-15,19H,2-8H2,1H3,(H,24,26)(H,25,27). The minimum atomic E-state index is -0.268. The zero-order valence-corrected chi connectivity index (χ0v) is 15.8. The Morgan fingerprint density at radius 2 is 1.59 bits per heavy atom. The van der Waals surface area contributed by atoms with Crippen LogP contribution >= 0.6 is 0 Å². The van der Waals surface area contributed by atoms with Gasteiger partial charge in [-0.15, -0.1) is 0 Å². The van der Waals surface area contributed by atoms with Crippen molar-refractivity contribution in [3.63, 3.8) is 0 Å². The molecular weight excluding hydrogens is 338 g/mol. The second kappa shape index (κ2) is 9.31. The van der Waals surface area contributed by atoms with Crippen molar-refractivity contribution >= 4 is 17.5 Å². The fraction of sp³-hybridized carbons (Fsp3) is 0.409. The number of aryl methyl sites for hydroxylation is 1. The van der Waals surface area contributed by atoms with Crippen molar-refractivity contribution in [3.05, 3.63) is 59.4 Å². The molecule has 5 nitrogen and oxygen atoms in total. The molecule has 1 aliphatic rings. The third-order valence-electron chi connectivity index (χ3n) is 5.07. The molecule has 2 amide bonds. The van der Waals surface area contributed by atoms with Gasteiger partial charge in [-0.3, -0.25) is 14.6 Å². The van der Waals surface area contributed by atoms with Crippen molar-refractivity contribution in [2.75, 3.05) is 5.32 Å². The van der Waals surface area contributed by atoms with E-state index in [1.54, 1.807) is 6.07 Å². The van der Waals surface area contributed by atoms with Gasteiger partial charge >= 0.3 is 0 Å². The maximum atomic E-state index is 12.5. The first-order valence-corrected chi connectivity index (χ1v) is 9.82. The van der Waals surface area contributed by atoms with E-state index in [1.807, 2.05) is 24.3 Å². The minimum absolute atomic E-state index is 0.156. The Labute approximate surface area is 160 Å². The second-order valence-electron chi connectivity index (χ2n) is 7.13. The molecule has 0 unspecified atom stereocenters. The first kappa shape index (κ1) is 19.1. The second-order valence-corrected chi connectivity index (χ2v) is 7.13. The van der Waals surface area contributed by atoms with E-state index in [4.69, 9.17) is 0 Å². The van der Waals surface area contributed by atoms with Crippen LogP contribution in [0.3, 0.4) is 0 Å². The van der Waals surface area contributed by atoms with Gasteiger partial charge in [0, 0.05) is 24.1 Å². The van der Waals surface area contributed by atoms with Gasteiger partial charge in [0.25, 0.3) is 11.8 Å². The molecule has 1 heterocycles. The lowest BCUT2D eigenvalue weighted by atomic mass is 10.1. The molecule has 0 aliphatic heterocycles. The molecule has 0 bridgehead atoms. The van der Waals surface area contributed by atoms with Crippen LogP contribution in [0.5, 0.6) is 0 Å². The molecule has 0 atom stereocenters. The Hall–Kier alpha value is -2.69. The van der Waals surface area contributed by atoms with E-state index in [0.29, 0.717) is 11.1 Å². The number of hydrogen-bond acceptors (Lipinski definition) is 3. The molecule has 142 valence electrons. The monoisotopic (exact) mass is 365 g/mol. The van der Waals surface area contributed by atoms with Gasteiger partial charge in [-0.05, 0) is 43.0 Å². The number of hydrogen-bond donors (Lipinski definition) is 2. The quantitative estimate of drug-likeness (QED) is 0.774. The molecule has 2 N–H and O–H groups in total. The van der Waals surface area contributed by atoms with E-state index < -0.39 is 0 Å². The number of aromatic nitrogens is 1. The summed E-state index contributed by atoms with van der Waals surface area (Å²) in [7, 11) is 0. The van der Waals surface area contributed by atoms with Gasteiger partial charge in [0.1, 0.15) is 0 Å². The Kier molecular flexibility index (Phi) is 6.58. The number of nitrogens with zero attached hydrogens (tertiary/aromatic N) is 1. The number of carbonyl (C=O) groups is 2. The highest BCUT2D eigenvalue weighted by Gasteiger charge is 2.17. The number of rotatable bonds is 5. The van der Waals surface area contributed by atoms with Crippen LogP contribution in [0, 0.1) is 0 Å². The van der Waals surface area contributed by atoms with E-state index in [9.17, 15) is 9.59 Å². The highest BCUT2D eigenvalue weighted by molar-refractivity contribution is 6.05. The molecular formula is C22H27N3O2. The highest BCUT2D eigenvalue weighted by atomic mass is 16.2. The van der Waals surface area contributed by atoms with Crippen LogP contribution in [0.15, 0.2) is 42.7 Å². The lowest BCUT2D eigenvalue weighted by molar-refractivity contribution is 0.0933. The molecule has 1 aromatic carbocycles. The van der Waals surface area contributed by atoms with Crippen molar-refractivity contribution < 1.29 is 9.59 Å². The van der Waals surface area contributed by atoms with Crippen molar-refractivity contribution in [1.82, 2.24) is 10.3 Å². The summed E-state index contributed by atoms with van der Waals surface area (Å²) in [5.74, 6) is -0.424. The van der Waals surface area contributed by atoms with E-state index in [1.165, 1.54) is 30.8 Å². The Bertz CT molecular complexity index is 778. The molecule has 1 aliphatic carbocycles. The highest BCUT2D eigenvalue weighted by Crippen LogP contribution is 2.18.